The van der Waals surface area contributed by atoms with Gasteiger partial charge < -0.3 is 10.7 Å². The molecule has 5 nitrogen and oxygen atoms in total. The predicted molar refractivity (Wildman–Crippen MR) is 103 cm³/mol. The van der Waals surface area contributed by atoms with Crippen LogP contribution in [0, 0.1) is 0 Å². The van der Waals surface area contributed by atoms with Crippen LogP contribution in [0.2, 0.25) is 0 Å². The molecule has 3 N–H and O–H groups in total. The molecule has 4 aromatic rings. The maximum Gasteiger partial charge on any atom is 0.152 e. The third-order valence-corrected chi connectivity index (χ3v) is 4.69. The zero-order valence-corrected chi connectivity index (χ0v) is 14.5. The average Bonchev–Trinajstić information content (AvgIpc) is 3.25. The van der Waals surface area contributed by atoms with E-state index in [-0.39, 0.29) is 0 Å². The standard InChI is InChI=1S/C20H23N5/c1-2-12-25-17(9-5-6-14-10-11-22-13-14)18-15-7-3-4-8-16(15)23-20(21)19(18)24-25/h3-4,7-8,10-11,13,22H,2,5-6,9,12H2,1H3,(H2,21,23). The Morgan fingerprint density at radius 2 is 2.04 bits per heavy atom. The van der Waals surface area contributed by atoms with E-state index in [1.165, 1.54) is 16.6 Å². The number of hydrogen-bond donors (Lipinski definition) is 2. The Morgan fingerprint density at radius 3 is 2.84 bits per heavy atom. The molecule has 0 radical (unpaired) electrons. The molecule has 0 fully saturated rings. The van der Waals surface area contributed by atoms with Crippen molar-refractivity contribution in [1.29, 1.82) is 0 Å². The first-order valence-corrected chi connectivity index (χ1v) is 8.93. The number of nitrogen functional groups attached to an aromatic ring is 1. The van der Waals surface area contributed by atoms with Gasteiger partial charge in [-0.05, 0) is 43.4 Å². The summed E-state index contributed by atoms with van der Waals surface area (Å²) in [5, 5.41) is 7.11. The van der Waals surface area contributed by atoms with Gasteiger partial charge in [-0.15, -0.1) is 0 Å². The fraction of sp³-hybridized carbons (Fsp3) is 0.300. The average molecular weight is 333 g/mol. The smallest absolute Gasteiger partial charge is 0.152 e. The Morgan fingerprint density at radius 1 is 1.16 bits per heavy atom. The Hall–Kier alpha value is -2.82. The van der Waals surface area contributed by atoms with Gasteiger partial charge >= 0.3 is 0 Å². The van der Waals surface area contributed by atoms with Crippen LogP contribution >= 0.6 is 0 Å². The van der Waals surface area contributed by atoms with E-state index in [2.05, 4.69) is 46.0 Å². The van der Waals surface area contributed by atoms with E-state index in [0.717, 1.165) is 48.6 Å². The topological polar surface area (TPSA) is 72.5 Å². The Bertz CT molecular complexity index is 998. The van der Waals surface area contributed by atoms with E-state index >= 15 is 0 Å². The second kappa shape index (κ2) is 6.59. The molecule has 0 aliphatic rings. The number of fused-ring (bicyclic) bond motifs is 3. The third kappa shape index (κ3) is 2.86. The molecule has 3 heterocycles. The van der Waals surface area contributed by atoms with Crippen LogP contribution in [0.4, 0.5) is 5.82 Å². The number of benzene rings is 1. The second-order valence-corrected chi connectivity index (χ2v) is 6.48. The van der Waals surface area contributed by atoms with E-state index in [1.54, 1.807) is 0 Å². The van der Waals surface area contributed by atoms with Crippen molar-refractivity contribution in [1.82, 2.24) is 19.7 Å². The van der Waals surface area contributed by atoms with Gasteiger partial charge in [-0.2, -0.15) is 5.10 Å². The van der Waals surface area contributed by atoms with Crippen molar-refractivity contribution < 1.29 is 0 Å². The van der Waals surface area contributed by atoms with Crippen molar-refractivity contribution in [2.75, 3.05) is 5.73 Å². The number of H-pyrrole nitrogens is 1. The van der Waals surface area contributed by atoms with Crippen molar-refractivity contribution in [3.63, 3.8) is 0 Å². The predicted octanol–water partition coefficient (Wildman–Crippen LogP) is 4.08. The summed E-state index contributed by atoms with van der Waals surface area (Å²) < 4.78 is 2.13. The van der Waals surface area contributed by atoms with Crippen molar-refractivity contribution in [3.05, 3.63) is 54.0 Å². The number of nitrogens with one attached hydrogen (secondary N) is 1. The zero-order chi connectivity index (χ0) is 17.2. The molecule has 25 heavy (non-hydrogen) atoms. The van der Waals surface area contributed by atoms with Crippen molar-refractivity contribution >= 4 is 27.6 Å². The minimum absolute atomic E-state index is 0.524. The van der Waals surface area contributed by atoms with Gasteiger partial charge in [0.15, 0.2) is 5.82 Å². The first-order chi connectivity index (χ1) is 12.3. The number of rotatable bonds is 6. The van der Waals surface area contributed by atoms with Crippen LogP contribution in [0.3, 0.4) is 0 Å². The molecule has 128 valence electrons. The molecule has 0 unspecified atom stereocenters. The van der Waals surface area contributed by atoms with Gasteiger partial charge in [0, 0.05) is 35.4 Å². The molecule has 5 heteroatoms. The molecule has 0 amide bonds. The monoisotopic (exact) mass is 333 g/mol. The summed E-state index contributed by atoms with van der Waals surface area (Å²) in [6.45, 7) is 3.08. The van der Waals surface area contributed by atoms with Crippen LogP contribution in [0.15, 0.2) is 42.7 Å². The highest BCUT2D eigenvalue weighted by molar-refractivity contribution is 6.09. The van der Waals surface area contributed by atoms with Crippen molar-refractivity contribution in [3.8, 4) is 0 Å². The van der Waals surface area contributed by atoms with Crippen molar-refractivity contribution in [2.45, 2.75) is 39.2 Å². The van der Waals surface area contributed by atoms with Gasteiger partial charge in [-0.25, -0.2) is 4.98 Å². The van der Waals surface area contributed by atoms with Crippen LogP contribution in [-0.2, 0) is 19.4 Å². The van der Waals surface area contributed by atoms with Crippen LogP contribution < -0.4 is 5.73 Å². The van der Waals surface area contributed by atoms with E-state index in [0.29, 0.717) is 5.82 Å². The van der Waals surface area contributed by atoms with Gasteiger partial charge in [0.1, 0.15) is 5.52 Å². The molecule has 0 saturated carbocycles. The van der Waals surface area contributed by atoms with Crippen LogP contribution in [0.1, 0.15) is 31.0 Å². The molecular weight excluding hydrogens is 310 g/mol. The Kier molecular flexibility index (Phi) is 4.14. The molecule has 0 saturated heterocycles. The summed E-state index contributed by atoms with van der Waals surface area (Å²) in [6.07, 6.45) is 8.21. The van der Waals surface area contributed by atoms with Gasteiger partial charge in [-0.1, -0.05) is 25.1 Å². The lowest BCUT2D eigenvalue weighted by Crippen LogP contribution is -2.05. The summed E-state index contributed by atoms with van der Waals surface area (Å²) >= 11 is 0. The van der Waals surface area contributed by atoms with E-state index in [4.69, 9.17) is 10.8 Å². The molecule has 1 aromatic carbocycles. The highest BCUT2D eigenvalue weighted by Crippen LogP contribution is 2.31. The molecule has 0 bridgehead atoms. The molecule has 3 aromatic heterocycles. The number of aromatic nitrogens is 4. The minimum atomic E-state index is 0.524. The van der Waals surface area contributed by atoms with Crippen LogP contribution in [-0.4, -0.2) is 19.7 Å². The quantitative estimate of drug-likeness (QED) is 0.558. The molecule has 4 rings (SSSR count). The molecule has 0 spiro atoms. The maximum atomic E-state index is 6.22. The number of pyridine rings is 1. The highest BCUT2D eigenvalue weighted by atomic mass is 15.3. The number of hydrogen-bond acceptors (Lipinski definition) is 3. The lowest BCUT2D eigenvalue weighted by molar-refractivity contribution is 0.573. The number of para-hydroxylation sites is 1. The summed E-state index contributed by atoms with van der Waals surface area (Å²) in [5.41, 5.74) is 10.6. The van der Waals surface area contributed by atoms with Gasteiger partial charge in [0.25, 0.3) is 0 Å². The highest BCUT2D eigenvalue weighted by Gasteiger charge is 2.17. The normalized spacial score (nSPS) is 11.6. The lowest BCUT2D eigenvalue weighted by Gasteiger charge is -2.07. The third-order valence-electron chi connectivity index (χ3n) is 4.69. The maximum absolute atomic E-state index is 6.22. The summed E-state index contributed by atoms with van der Waals surface area (Å²) in [4.78, 5) is 7.66. The first kappa shape index (κ1) is 15.7. The molecule has 0 atom stereocenters. The number of aryl methyl sites for hydroxylation is 3. The zero-order valence-electron chi connectivity index (χ0n) is 14.5. The number of nitrogens with two attached hydrogens (primary N) is 1. The van der Waals surface area contributed by atoms with E-state index in [9.17, 15) is 0 Å². The summed E-state index contributed by atoms with van der Waals surface area (Å²) in [6, 6.07) is 10.3. The van der Waals surface area contributed by atoms with Gasteiger partial charge in [0.2, 0.25) is 0 Å². The minimum Gasteiger partial charge on any atom is -0.382 e. The SMILES string of the molecule is CCCn1nc2c(N)nc3ccccc3c2c1CCCc1cc[nH]c1. The van der Waals surface area contributed by atoms with Crippen molar-refractivity contribution in [2.24, 2.45) is 0 Å². The van der Waals surface area contributed by atoms with E-state index < -0.39 is 0 Å². The first-order valence-electron chi connectivity index (χ1n) is 8.93. The van der Waals surface area contributed by atoms with Crippen LogP contribution in [0.25, 0.3) is 21.8 Å². The molecular formula is C20H23N5. The van der Waals surface area contributed by atoms with Crippen LogP contribution in [0.5, 0.6) is 0 Å². The second-order valence-electron chi connectivity index (χ2n) is 6.48. The number of nitrogens with zero attached hydrogens (tertiary/aromatic N) is 3. The fourth-order valence-electron chi connectivity index (χ4n) is 3.55. The Labute approximate surface area is 146 Å². The summed E-state index contributed by atoms with van der Waals surface area (Å²) in [5.74, 6) is 0.524. The molecule has 0 aliphatic carbocycles. The van der Waals surface area contributed by atoms with E-state index in [1.807, 2.05) is 18.3 Å². The largest absolute Gasteiger partial charge is 0.382 e. The van der Waals surface area contributed by atoms with Gasteiger partial charge in [-0.3, -0.25) is 4.68 Å². The molecule has 0 aliphatic heterocycles. The summed E-state index contributed by atoms with van der Waals surface area (Å²) in [7, 11) is 0. The number of aromatic amines is 1. The number of anilines is 1. The fourth-order valence-corrected chi connectivity index (χ4v) is 3.55. The Balaban J connectivity index is 1.80. The van der Waals surface area contributed by atoms with Gasteiger partial charge in [0.05, 0.1) is 5.52 Å². The lowest BCUT2D eigenvalue weighted by atomic mass is 10.0.